The van der Waals surface area contributed by atoms with Crippen molar-refractivity contribution in [3.8, 4) is 0 Å². The number of nitrogens with one attached hydrogen (secondary N) is 1. The van der Waals surface area contributed by atoms with Gasteiger partial charge in [0, 0.05) is 11.6 Å². The number of halogens is 2. The lowest BCUT2D eigenvalue weighted by Gasteiger charge is -2.26. The molecule has 1 N–H and O–H groups in total. The average molecular weight is 266 g/mol. The molecule has 1 rings (SSSR count). The molecule has 0 saturated heterocycles. The molecule has 1 heterocycles. The average Bonchev–Trinajstić information content (AvgIpc) is 2.47. The monoisotopic (exact) mass is 265 g/mol. The zero-order valence-corrected chi connectivity index (χ0v) is 11.8. The Bertz CT molecular complexity index is 322. The topological polar surface area (TPSA) is 12.0 Å². The van der Waals surface area contributed by atoms with Crippen LogP contribution in [0.25, 0.3) is 0 Å². The van der Waals surface area contributed by atoms with Crippen LogP contribution in [0.1, 0.15) is 32.4 Å². The van der Waals surface area contributed by atoms with Crippen molar-refractivity contribution in [1.29, 1.82) is 0 Å². The quantitative estimate of drug-likeness (QED) is 0.839. The lowest BCUT2D eigenvalue weighted by atomic mass is 9.87. The molecule has 0 spiro atoms. The zero-order chi connectivity index (χ0) is 11.6. The highest BCUT2D eigenvalue weighted by atomic mass is 35.5. The molecule has 0 saturated carbocycles. The Labute approximate surface area is 106 Å². The molecule has 0 aromatic carbocycles. The molecule has 0 aliphatic carbocycles. The Morgan fingerprint density at radius 3 is 2.20 bits per heavy atom. The summed E-state index contributed by atoms with van der Waals surface area (Å²) in [5.41, 5.74) is 1.12. The van der Waals surface area contributed by atoms with Crippen LogP contribution in [0, 0.1) is 11.8 Å². The van der Waals surface area contributed by atoms with Gasteiger partial charge in [-0.3, -0.25) is 0 Å². The van der Waals surface area contributed by atoms with Gasteiger partial charge in [0.05, 0.1) is 8.67 Å². The van der Waals surface area contributed by atoms with Gasteiger partial charge in [-0.1, -0.05) is 44.0 Å². The zero-order valence-electron chi connectivity index (χ0n) is 9.47. The van der Waals surface area contributed by atoms with E-state index in [0.29, 0.717) is 11.8 Å². The molecule has 86 valence electrons. The molecule has 15 heavy (non-hydrogen) atoms. The summed E-state index contributed by atoms with van der Waals surface area (Å²) < 4.78 is 1.55. The van der Waals surface area contributed by atoms with Crippen molar-refractivity contribution in [2.45, 2.75) is 26.8 Å². The van der Waals surface area contributed by atoms with Crippen LogP contribution in [0.5, 0.6) is 0 Å². The molecule has 0 aliphatic heterocycles. The van der Waals surface area contributed by atoms with Crippen molar-refractivity contribution in [1.82, 2.24) is 5.32 Å². The predicted octanol–water partition coefficient (Wildman–Crippen LogP) is 4.61. The van der Waals surface area contributed by atoms with Crippen molar-refractivity contribution in [3.05, 3.63) is 20.3 Å². The number of hydrogen-bond acceptors (Lipinski definition) is 2. The fourth-order valence-electron chi connectivity index (χ4n) is 1.65. The lowest BCUT2D eigenvalue weighted by Crippen LogP contribution is -2.26. The molecule has 0 bridgehead atoms. The first kappa shape index (κ1) is 13.3. The van der Waals surface area contributed by atoms with Crippen LogP contribution in [0.15, 0.2) is 6.07 Å². The third-order valence-electron chi connectivity index (χ3n) is 2.91. The van der Waals surface area contributed by atoms with Crippen molar-refractivity contribution in [2.24, 2.45) is 11.8 Å². The first-order valence-electron chi connectivity index (χ1n) is 5.09. The Balaban J connectivity index is 2.96. The Morgan fingerprint density at radius 2 is 1.87 bits per heavy atom. The summed E-state index contributed by atoms with van der Waals surface area (Å²) in [5.74, 6) is 1.13. The summed E-state index contributed by atoms with van der Waals surface area (Å²) in [4.78, 5) is 0. The van der Waals surface area contributed by atoms with Gasteiger partial charge in [0.25, 0.3) is 0 Å². The van der Waals surface area contributed by atoms with Crippen molar-refractivity contribution < 1.29 is 0 Å². The normalized spacial score (nSPS) is 15.7. The van der Waals surface area contributed by atoms with Gasteiger partial charge in [-0.25, -0.2) is 0 Å². The van der Waals surface area contributed by atoms with Crippen LogP contribution in [-0.2, 0) is 0 Å². The van der Waals surface area contributed by atoms with Gasteiger partial charge < -0.3 is 5.32 Å². The minimum atomic E-state index is 0.279. The van der Waals surface area contributed by atoms with Gasteiger partial charge in [-0.2, -0.15) is 0 Å². The molecule has 1 aromatic rings. The van der Waals surface area contributed by atoms with E-state index in [1.165, 1.54) is 11.3 Å². The summed E-state index contributed by atoms with van der Waals surface area (Å²) in [6.07, 6.45) is 0. The molecule has 0 radical (unpaired) electrons. The van der Waals surface area contributed by atoms with Gasteiger partial charge in [0.1, 0.15) is 0 Å². The molecule has 0 fully saturated rings. The standard InChI is InChI=1S/C11H17Cl2NS/c1-6(2)7(3)10(14-4)8-5-9(12)15-11(8)13/h5-7,10,14H,1-4H3. The largest absolute Gasteiger partial charge is 0.313 e. The van der Waals surface area contributed by atoms with Gasteiger partial charge in [-0.15, -0.1) is 11.3 Å². The maximum absolute atomic E-state index is 6.16. The molecule has 2 unspecified atom stereocenters. The number of thiophene rings is 1. The van der Waals surface area contributed by atoms with E-state index in [0.717, 1.165) is 14.2 Å². The van der Waals surface area contributed by atoms with Crippen LogP contribution >= 0.6 is 34.5 Å². The van der Waals surface area contributed by atoms with Crippen LogP contribution in [0.3, 0.4) is 0 Å². The minimum absolute atomic E-state index is 0.279. The second-order valence-electron chi connectivity index (χ2n) is 4.15. The molecular formula is C11H17Cl2NS. The van der Waals surface area contributed by atoms with Crippen molar-refractivity contribution in [3.63, 3.8) is 0 Å². The van der Waals surface area contributed by atoms with E-state index in [1.807, 2.05) is 13.1 Å². The van der Waals surface area contributed by atoms with Crippen LogP contribution in [-0.4, -0.2) is 7.05 Å². The van der Waals surface area contributed by atoms with E-state index in [2.05, 4.69) is 26.1 Å². The summed E-state index contributed by atoms with van der Waals surface area (Å²) >= 11 is 13.6. The smallest absolute Gasteiger partial charge is 0.0992 e. The second-order valence-corrected chi connectivity index (χ2v) is 6.43. The van der Waals surface area contributed by atoms with E-state index < -0.39 is 0 Å². The Hall–Kier alpha value is 0.240. The SMILES string of the molecule is CNC(c1cc(Cl)sc1Cl)C(C)C(C)C. The van der Waals surface area contributed by atoms with E-state index in [1.54, 1.807) is 0 Å². The molecular weight excluding hydrogens is 249 g/mol. The molecule has 1 aromatic heterocycles. The highest BCUT2D eigenvalue weighted by molar-refractivity contribution is 7.20. The van der Waals surface area contributed by atoms with Crippen LogP contribution in [0.4, 0.5) is 0 Å². The third-order valence-corrected chi connectivity index (χ3v) is 4.42. The maximum Gasteiger partial charge on any atom is 0.0992 e. The first-order valence-corrected chi connectivity index (χ1v) is 6.66. The minimum Gasteiger partial charge on any atom is -0.313 e. The van der Waals surface area contributed by atoms with E-state index in [-0.39, 0.29) is 6.04 Å². The van der Waals surface area contributed by atoms with E-state index >= 15 is 0 Å². The van der Waals surface area contributed by atoms with E-state index in [9.17, 15) is 0 Å². The third kappa shape index (κ3) is 3.10. The summed E-state index contributed by atoms with van der Waals surface area (Å²) in [7, 11) is 1.96. The molecule has 0 aliphatic rings. The predicted molar refractivity (Wildman–Crippen MR) is 70.1 cm³/mol. The fourth-order valence-corrected chi connectivity index (χ4v) is 3.20. The Kier molecular flexibility index (Phi) is 4.91. The molecule has 0 amide bonds. The van der Waals surface area contributed by atoms with Gasteiger partial charge in [-0.05, 0) is 24.9 Å². The van der Waals surface area contributed by atoms with Gasteiger partial charge in [0.2, 0.25) is 0 Å². The fraction of sp³-hybridized carbons (Fsp3) is 0.636. The lowest BCUT2D eigenvalue weighted by molar-refractivity contribution is 0.318. The number of hydrogen-bond donors (Lipinski definition) is 1. The first-order chi connectivity index (χ1) is 6.97. The van der Waals surface area contributed by atoms with E-state index in [4.69, 9.17) is 23.2 Å². The van der Waals surface area contributed by atoms with Crippen molar-refractivity contribution in [2.75, 3.05) is 7.05 Å². The second kappa shape index (κ2) is 5.53. The highest BCUT2D eigenvalue weighted by Crippen LogP contribution is 2.38. The summed E-state index contributed by atoms with van der Waals surface area (Å²) in [5, 5.41) is 3.32. The number of rotatable bonds is 4. The molecule has 4 heteroatoms. The Morgan fingerprint density at radius 1 is 1.27 bits per heavy atom. The van der Waals surface area contributed by atoms with Crippen LogP contribution in [0.2, 0.25) is 8.67 Å². The molecule has 1 nitrogen and oxygen atoms in total. The molecule has 2 atom stereocenters. The van der Waals surface area contributed by atoms with Gasteiger partial charge in [0.15, 0.2) is 0 Å². The highest BCUT2D eigenvalue weighted by Gasteiger charge is 2.23. The summed E-state index contributed by atoms with van der Waals surface area (Å²) in [6, 6.07) is 2.25. The van der Waals surface area contributed by atoms with Gasteiger partial charge >= 0.3 is 0 Å². The van der Waals surface area contributed by atoms with Crippen LogP contribution < -0.4 is 5.32 Å². The summed E-state index contributed by atoms with van der Waals surface area (Å²) in [6.45, 7) is 6.67. The maximum atomic E-state index is 6.16. The van der Waals surface area contributed by atoms with Crippen molar-refractivity contribution >= 4 is 34.5 Å².